The molecule has 1 N–H and O–H groups in total. The molecule has 7 nitrogen and oxygen atoms in total. The van der Waals surface area contributed by atoms with Crippen molar-refractivity contribution in [1.29, 1.82) is 0 Å². The molecule has 28 heavy (non-hydrogen) atoms. The van der Waals surface area contributed by atoms with Crippen LogP contribution < -0.4 is 19.7 Å². The maximum atomic E-state index is 12.6. The Morgan fingerprint density at radius 3 is 1.96 bits per heavy atom. The molecule has 2 amide bonds. The molecule has 1 aliphatic rings. The Morgan fingerprint density at radius 2 is 1.46 bits per heavy atom. The van der Waals surface area contributed by atoms with Gasteiger partial charge in [0.1, 0.15) is 11.5 Å². The summed E-state index contributed by atoms with van der Waals surface area (Å²) in [4.78, 5) is 28.1. The smallest absolute Gasteiger partial charge is 0.255 e. The Morgan fingerprint density at radius 1 is 0.893 bits per heavy atom. The summed E-state index contributed by atoms with van der Waals surface area (Å²) in [5.41, 5.74) is 2.24. The number of ether oxygens (including phenoxy) is 2. The fourth-order valence-electron chi connectivity index (χ4n) is 3.18. The van der Waals surface area contributed by atoms with Crippen LogP contribution in [0.15, 0.2) is 42.5 Å². The highest BCUT2D eigenvalue weighted by atomic mass is 16.5. The van der Waals surface area contributed by atoms with Crippen molar-refractivity contribution in [1.82, 2.24) is 4.90 Å². The van der Waals surface area contributed by atoms with Gasteiger partial charge in [0, 0.05) is 56.1 Å². The van der Waals surface area contributed by atoms with Crippen molar-refractivity contribution < 1.29 is 19.1 Å². The van der Waals surface area contributed by atoms with Gasteiger partial charge in [-0.05, 0) is 36.4 Å². The molecule has 1 heterocycles. The number of hydrogen-bond acceptors (Lipinski definition) is 5. The second-order valence-electron chi connectivity index (χ2n) is 6.60. The summed E-state index contributed by atoms with van der Waals surface area (Å²) in [6.45, 7) is 4.66. The number of rotatable bonds is 5. The molecule has 2 aromatic rings. The first-order valence-corrected chi connectivity index (χ1v) is 9.15. The Bertz CT molecular complexity index is 821. The van der Waals surface area contributed by atoms with E-state index in [-0.39, 0.29) is 11.8 Å². The molecular formula is C21H25N3O4. The van der Waals surface area contributed by atoms with Crippen molar-refractivity contribution >= 4 is 23.2 Å². The summed E-state index contributed by atoms with van der Waals surface area (Å²) < 4.78 is 10.4. The fourth-order valence-corrected chi connectivity index (χ4v) is 3.18. The van der Waals surface area contributed by atoms with Crippen LogP contribution in [0.3, 0.4) is 0 Å². The van der Waals surface area contributed by atoms with Crippen molar-refractivity contribution in [2.45, 2.75) is 6.92 Å². The highest BCUT2D eigenvalue weighted by Gasteiger charge is 2.18. The molecule has 0 aliphatic carbocycles. The Kier molecular flexibility index (Phi) is 6.03. The van der Waals surface area contributed by atoms with Crippen molar-refractivity contribution in [3.63, 3.8) is 0 Å². The molecule has 2 aromatic carbocycles. The van der Waals surface area contributed by atoms with Gasteiger partial charge in [-0.1, -0.05) is 0 Å². The monoisotopic (exact) mass is 383 g/mol. The van der Waals surface area contributed by atoms with E-state index in [1.54, 1.807) is 39.3 Å². The largest absolute Gasteiger partial charge is 0.497 e. The summed E-state index contributed by atoms with van der Waals surface area (Å²) in [6, 6.07) is 12.8. The van der Waals surface area contributed by atoms with Gasteiger partial charge in [-0.2, -0.15) is 0 Å². The van der Waals surface area contributed by atoms with Gasteiger partial charge < -0.3 is 24.6 Å². The molecule has 1 aliphatic heterocycles. The number of nitrogens with one attached hydrogen (secondary N) is 1. The van der Waals surface area contributed by atoms with Crippen molar-refractivity contribution in [3.8, 4) is 11.5 Å². The molecule has 0 saturated carbocycles. The Labute approximate surface area is 164 Å². The van der Waals surface area contributed by atoms with Crippen LogP contribution in [0.2, 0.25) is 0 Å². The molecule has 3 rings (SSSR count). The van der Waals surface area contributed by atoms with Gasteiger partial charge in [-0.15, -0.1) is 0 Å². The predicted molar refractivity (Wildman–Crippen MR) is 108 cm³/mol. The van der Waals surface area contributed by atoms with Crippen LogP contribution in [0.25, 0.3) is 0 Å². The Hall–Kier alpha value is -3.22. The van der Waals surface area contributed by atoms with E-state index in [1.165, 1.54) is 0 Å². The second kappa shape index (κ2) is 8.65. The number of piperazine rings is 1. The molecule has 0 bridgehead atoms. The average molecular weight is 383 g/mol. The third kappa shape index (κ3) is 4.54. The molecular weight excluding hydrogens is 358 g/mol. The minimum atomic E-state index is -0.236. The van der Waals surface area contributed by atoms with E-state index < -0.39 is 0 Å². The Balaban J connectivity index is 1.64. The van der Waals surface area contributed by atoms with Crippen molar-refractivity contribution in [2.75, 3.05) is 50.6 Å². The fraction of sp³-hybridized carbons (Fsp3) is 0.333. The van der Waals surface area contributed by atoms with E-state index in [0.717, 1.165) is 31.9 Å². The van der Waals surface area contributed by atoms with E-state index >= 15 is 0 Å². The van der Waals surface area contributed by atoms with Gasteiger partial charge in [0.25, 0.3) is 5.91 Å². The SMILES string of the molecule is COc1cc(OC)cc(C(=O)Nc2ccc(N3CCN(C(C)=O)CC3)cc2)c1. The zero-order valence-corrected chi connectivity index (χ0v) is 16.4. The minimum Gasteiger partial charge on any atom is -0.497 e. The van der Waals surface area contributed by atoms with E-state index in [2.05, 4.69) is 10.2 Å². The summed E-state index contributed by atoms with van der Waals surface area (Å²) in [7, 11) is 3.09. The molecule has 1 saturated heterocycles. The zero-order chi connectivity index (χ0) is 20.1. The van der Waals surface area contributed by atoms with Crippen molar-refractivity contribution in [2.24, 2.45) is 0 Å². The number of carbonyl (C=O) groups excluding carboxylic acids is 2. The van der Waals surface area contributed by atoms with Crippen LogP contribution in [0.5, 0.6) is 11.5 Å². The lowest BCUT2D eigenvalue weighted by atomic mass is 10.1. The van der Waals surface area contributed by atoms with Crippen LogP contribution in [0.4, 0.5) is 11.4 Å². The van der Waals surface area contributed by atoms with E-state index in [1.807, 2.05) is 29.2 Å². The lowest BCUT2D eigenvalue weighted by Crippen LogP contribution is -2.48. The summed E-state index contributed by atoms with van der Waals surface area (Å²) in [5.74, 6) is 1.00. The van der Waals surface area contributed by atoms with Gasteiger partial charge in [-0.3, -0.25) is 9.59 Å². The molecule has 0 unspecified atom stereocenters. The number of hydrogen-bond donors (Lipinski definition) is 1. The molecule has 0 atom stereocenters. The first kappa shape index (κ1) is 19.5. The summed E-state index contributed by atoms with van der Waals surface area (Å²) in [5, 5.41) is 2.89. The maximum absolute atomic E-state index is 12.6. The number of anilines is 2. The molecule has 0 aromatic heterocycles. The maximum Gasteiger partial charge on any atom is 0.255 e. The lowest BCUT2D eigenvalue weighted by Gasteiger charge is -2.35. The number of amides is 2. The van der Waals surface area contributed by atoms with E-state index in [9.17, 15) is 9.59 Å². The normalized spacial score (nSPS) is 13.8. The van der Waals surface area contributed by atoms with Crippen LogP contribution >= 0.6 is 0 Å². The van der Waals surface area contributed by atoms with E-state index in [4.69, 9.17) is 9.47 Å². The zero-order valence-electron chi connectivity index (χ0n) is 16.4. The number of benzene rings is 2. The summed E-state index contributed by atoms with van der Waals surface area (Å²) in [6.07, 6.45) is 0. The predicted octanol–water partition coefficient (Wildman–Crippen LogP) is 2.62. The number of carbonyl (C=O) groups is 2. The minimum absolute atomic E-state index is 0.117. The van der Waals surface area contributed by atoms with Gasteiger partial charge in [0.15, 0.2) is 0 Å². The number of nitrogens with zero attached hydrogens (tertiary/aromatic N) is 2. The van der Waals surface area contributed by atoms with Gasteiger partial charge >= 0.3 is 0 Å². The molecule has 148 valence electrons. The van der Waals surface area contributed by atoms with Crippen LogP contribution in [-0.4, -0.2) is 57.1 Å². The summed E-state index contributed by atoms with van der Waals surface area (Å²) >= 11 is 0. The number of methoxy groups -OCH3 is 2. The standard InChI is InChI=1S/C21H25N3O4/c1-15(25)23-8-10-24(11-9-23)18-6-4-17(5-7-18)22-21(26)16-12-19(27-2)14-20(13-16)28-3/h4-7,12-14H,8-11H2,1-3H3,(H,22,26). The average Bonchev–Trinajstić information content (AvgIpc) is 2.73. The van der Waals surface area contributed by atoms with Crippen LogP contribution in [-0.2, 0) is 4.79 Å². The van der Waals surface area contributed by atoms with Gasteiger partial charge in [0.05, 0.1) is 14.2 Å². The highest BCUT2D eigenvalue weighted by molar-refractivity contribution is 6.04. The third-order valence-corrected chi connectivity index (χ3v) is 4.83. The highest BCUT2D eigenvalue weighted by Crippen LogP contribution is 2.24. The second-order valence-corrected chi connectivity index (χ2v) is 6.60. The van der Waals surface area contributed by atoms with Crippen LogP contribution in [0, 0.1) is 0 Å². The molecule has 0 radical (unpaired) electrons. The van der Waals surface area contributed by atoms with Crippen LogP contribution in [0.1, 0.15) is 17.3 Å². The molecule has 0 spiro atoms. The van der Waals surface area contributed by atoms with Gasteiger partial charge in [-0.25, -0.2) is 0 Å². The third-order valence-electron chi connectivity index (χ3n) is 4.83. The van der Waals surface area contributed by atoms with E-state index in [0.29, 0.717) is 22.7 Å². The first-order valence-electron chi connectivity index (χ1n) is 9.15. The lowest BCUT2D eigenvalue weighted by molar-refractivity contribution is -0.129. The van der Waals surface area contributed by atoms with Crippen molar-refractivity contribution in [3.05, 3.63) is 48.0 Å². The topological polar surface area (TPSA) is 71.1 Å². The molecule has 1 fully saturated rings. The first-order chi connectivity index (χ1) is 13.5. The molecule has 7 heteroatoms. The van der Waals surface area contributed by atoms with Gasteiger partial charge in [0.2, 0.25) is 5.91 Å². The quantitative estimate of drug-likeness (QED) is 0.859.